The van der Waals surface area contributed by atoms with Crippen LogP contribution >= 0.6 is 0 Å². The summed E-state index contributed by atoms with van der Waals surface area (Å²) in [5.74, 6) is -0.850. The van der Waals surface area contributed by atoms with Gasteiger partial charge in [-0.1, -0.05) is 25.1 Å². The van der Waals surface area contributed by atoms with Crippen LogP contribution in [0.2, 0.25) is 0 Å². The van der Waals surface area contributed by atoms with Crippen molar-refractivity contribution < 1.29 is 17.4 Å². The maximum atomic E-state index is 11.9. The average Bonchev–Trinajstić information content (AvgIpc) is 2.27. The van der Waals surface area contributed by atoms with Gasteiger partial charge >= 0.3 is 0 Å². The third kappa shape index (κ3) is 4.85. The molecule has 0 unspecified atom stereocenters. The van der Waals surface area contributed by atoms with Gasteiger partial charge in [0, 0.05) is 5.69 Å². The summed E-state index contributed by atoms with van der Waals surface area (Å²) in [6.07, 6.45) is 0.259. The second kappa shape index (κ2) is 5.97. The van der Waals surface area contributed by atoms with Crippen LogP contribution in [-0.2, 0) is 19.1 Å². The number of carbonyl (C=O) groups excluding carboxylic acids is 1. The fraction of sp³-hybridized carbons (Fsp3) is 0.417. The number of rotatable bonds is 5. The normalized spacial score (nSPS) is 14.8. The number of hydrogen-bond donors (Lipinski definition) is 1. The molecular formula is C12H17NO4S. The Balaban J connectivity index is 2.62. The molecule has 0 spiro atoms. The van der Waals surface area contributed by atoms with E-state index in [0.717, 1.165) is 6.26 Å². The lowest BCUT2D eigenvalue weighted by Crippen LogP contribution is -2.31. The molecule has 1 N–H and O–H groups in total. The van der Waals surface area contributed by atoms with Crippen molar-refractivity contribution in [2.75, 3.05) is 11.6 Å². The molecule has 0 saturated heterocycles. The Hall–Kier alpha value is -1.40. The molecule has 1 rings (SSSR count). The summed E-state index contributed by atoms with van der Waals surface area (Å²) in [5, 5.41) is 2.69. The third-order valence-corrected chi connectivity index (χ3v) is 3.14. The van der Waals surface area contributed by atoms with Crippen molar-refractivity contribution in [1.82, 2.24) is 0 Å². The number of carbonyl (C=O) groups is 1. The standard InChI is InChI=1S/C12H17NO4S/c1-9(10(2)17-18(3,15)16)12(14)13-11-7-5-4-6-8-11/h4-10H,1-3H3,(H,13,14)/t9-,10+/m1/s1. The lowest BCUT2D eigenvalue weighted by atomic mass is 10.1. The predicted octanol–water partition coefficient (Wildman–Crippen LogP) is 1.63. The smallest absolute Gasteiger partial charge is 0.264 e. The molecule has 2 atom stereocenters. The lowest BCUT2D eigenvalue weighted by Gasteiger charge is -2.18. The van der Waals surface area contributed by atoms with Gasteiger partial charge in [0.05, 0.1) is 18.3 Å². The highest BCUT2D eigenvalue weighted by Gasteiger charge is 2.24. The Labute approximate surface area is 107 Å². The topological polar surface area (TPSA) is 72.5 Å². The van der Waals surface area contributed by atoms with Gasteiger partial charge in [-0.25, -0.2) is 0 Å². The number of nitrogens with one attached hydrogen (secondary N) is 1. The maximum Gasteiger partial charge on any atom is 0.264 e. The van der Waals surface area contributed by atoms with Gasteiger partial charge in [0.2, 0.25) is 5.91 Å². The summed E-state index contributed by atoms with van der Waals surface area (Å²) in [5.41, 5.74) is 0.668. The Kier molecular flexibility index (Phi) is 4.86. The summed E-state index contributed by atoms with van der Waals surface area (Å²) in [6.45, 7) is 3.17. The molecule has 6 heteroatoms. The maximum absolute atomic E-state index is 11.9. The van der Waals surface area contributed by atoms with E-state index in [1.165, 1.54) is 0 Å². The van der Waals surface area contributed by atoms with Crippen LogP contribution in [0, 0.1) is 5.92 Å². The molecule has 0 saturated carbocycles. The number of benzene rings is 1. The largest absolute Gasteiger partial charge is 0.326 e. The van der Waals surface area contributed by atoms with Crippen molar-refractivity contribution in [3.05, 3.63) is 30.3 Å². The fourth-order valence-corrected chi connectivity index (χ4v) is 2.07. The number of para-hydroxylation sites is 1. The van der Waals surface area contributed by atoms with E-state index in [2.05, 4.69) is 5.32 Å². The SMILES string of the molecule is C[C@H](OS(C)(=O)=O)[C@@H](C)C(=O)Nc1ccccc1. The first-order chi connectivity index (χ1) is 8.29. The van der Waals surface area contributed by atoms with Crippen LogP contribution in [0.4, 0.5) is 5.69 Å². The van der Waals surface area contributed by atoms with Gasteiger partial charge in [0.25, 0.3) is 10.1 Å². The first kappa shape index (κ1) is 14.7. The van der Waals surface area contributed by atoms with E-state index in [9.17, 15) is 13.2 Å². The Morgan fingerprint density at radius 2 is 1.78 bits per heavy atom. The van der Waals surface area contributed by atoms with Crippen molar-refractivity contribution in [2.45, 2.75) is 20.0 Å². The molecule has 0 bridgehead atoms. The minimum absolute atomic E-state index is 0.280. The summed E-state index contributed by atoms with van der Waals surface area (Å²) < 4.78 is 26.7. The molecule has 0 heterocycles. The van der Waals surface area contributed by atoms with Crippen molar-refractivity contribution in [3.8, 4) is 0 Å². The van der Waals surface area contributed by atoms with Gasteiger partial charge in [-0.3, -0.25) is 8.98 Å². The van der Waals surface area contributed by atoms with Crippen LogP contribution in [0.1, 0.15) is 13.8 Å². The van der Waals surface area contributed by atoms with E-state index in [4.69, 9.17) is 4.18 Å². The summed E-state index contributed by atoms with van der Waals surface area (Å²) in [4.78, 5) is 11.9. The van der Waals surface area contributed by atoms with Gasteiger partial charge < -0.3 is 5.32 Å². The van der Waals surface area contributed by atoms with Crippen molar-refractivity contribution in [3.63, 3.8) is 0 Å². The summed E-state index contributed by atoms with van der Waals surface area (Å²) >= 11 is 0. The van der Waals surface area contributed by atoms with Gasteiger partial charge in [-0.2, -0.15) is 8.42 Å². The minimum Gasteiger partial charge on any atom is -0.326 e. The van der Waals surface area contributed by atoms with Crippen molar-refractivity contribution in [1.29, 1.82) is 0 Å². The monoisotopic (exact) mass is 271 g/mol. The zero-order chi connectivity index (χ0) is 13.8. The molecule has 1 aromatic carbocycles. The van der Waals surface area contributed by atoms with Crippen LogP contribution in [-0.4, -0.2) is 26.7 Å². The van der Waals surface area contributed by atoms with Crippen molar-refractivity contribution >= 4 is 21.7 Å². The number of hydrogen-bond acceptors (Lipinski definition) is 4. The Bertz CT molecular complexity index is 498. The van der Waals surface area contributed by atoms with E-state index in [0.29, 0.717) is 5.69 Å². The van der Waals surface area contributed by atoms with Gasteiger partial charge in [0.15, 0.2) is 0 Å². The first-order valence-corrected chi connectivity index (χ1v) is 7.35. The highest BCUT2D eigenvalue weighted by atomic mass is 32.2. The van der Waals surface area contributed by atoms with Crippen LogP contribution in [0.25, 0.3) is 0 Å². The molecule has 0 radical (unpaired) electrons. The van der Waals surface area contributed by atoms with E-state index in [-0.39, 0.29) is 5.91 Å². The second-order valence-electron chi connectivity index (χ2n) is 4.15. The molecule has 5 nitrogen and oxygen atoms in total. The molecule has 1 aromatic rings. The molecule has 100 valence electrons. The molecule has 0 aliphatic rings. The Morgan fingerprint density at radius 3 is 2.28 bits per heavy atom. The lowest BCUT2D eigenvalue weighted by molar-refractivity contribution is -0.121. The first-order valence-electron chi connectivity index (χ1n) is 5.54. The Morgan fingerprint density at radius 1 is 1.22 bits per heavy atom. The zero-order valence-electron chi connectivity index (χ0n) is 10.6. The summed E-state index contributed by atoms with van der Waals surface area (Å²) in [6, 6.07) is 8.96. The number of amides is 1. The van der Waals surface area contributed by atoms with Gasteiger partial charge in [0.1, 0.15) is 0 Å². The second-order valence-corrected chi connectivity index (χ2v) is 5.75. The van der Waals surface area contributed by atoms with Crippen molar-refractivity contribution in [2.24, 2.45) is 5.92 Å². The van der Waals surface area contributed by atoms with E-state index < -0.39 is 22.1 Å². The minimum atomic E-state index is -3.55. The van der Waals surface area contributed by atoms with Crippen LogP contribution in [0.15, 0.2) is 30.3 Å². The number of anilines is 1. The van der Waals surface area contributed by atoms with E-state index in [1.54, 1.807) is 38.1 Å². The van der Waals surface area contributed by atoms with Gasteiger partial charge in [-0.15, -0.1) is 0 Å². The average molecular weight is 271 g/mol. The zero-order valence-corrected chi connectivity index (χ0v) is 11.4. The molecule has 1 amide bonds. The van der Waals surface area contributed by atoms with Crippen LogP contribution < -0.4 is 5.32 Å². The van der Waals surface area contributed by atoms with Gasteiger partial charge in [-0.05, 0) is 19.1 Å². The quantitative estimate of drug-likeness (QED) is 0.826. The molecule has 0 aliphatic heterocycles. The fourth-order valence-electron chi connectivity index (χ4n) is 1.35. The molecule has 18 heavy (non-hydrogen) atoms. The highest BCUT2D eigenvalue weighted by Crippen LogP contribution is 2.13. The molecule has 0 aromatic heterocycles. The molecule has 0 fully saturated rings. The van der Waals surface area contributed by atoms with Crippen LogP contribution in [0.3, 0.4) is 0 Å². The van der Waals surface area contributed by atoms with E-state index in [1.807, 2.05) is 6.07 Å². The summed E-state index contributed by atoms with van der Waals surface area (Å²) in [7, 11) is -3.55. The third-order valence-electron chi connectivity index (χ3n) is 2.49. The van der Waals surface area contributed by atoms with E-state index >= 15 is 0 Å². The molecule has 0 aliphatic carbocycles. The highest BCUT2D eigenvalue weighted by molar-refractivity contribution is 7.86. The van der Waals surface area contributed by atoms with Crippen LogP contribution in [0.5, 0.6) is 0 Å². The predicted molar refractivity (Wildman–Crippen MR) is 69.6 cm³/mol. The molecular weight excluding hydrogens is 254 g/mol.